The van der Waals surface area contributed by atoms with Crippen LogP contribution < -0.4 is 0 Å². The van der Waals surface area contributed by atoms with Gasteiger partial charge in [0.2, 0.25) is 0 Å². The third kappa shape index (κ3) is 0.814. The molecule has 1 aliphatic heterocycles. The lowest BCUT2D eigenvalue weighted by Gasteiger charge is -2.23. The molecule has 0 saturated carbocycles. The summed E-state index contributed by atoms with van der Waals surface area (Å²) < 4.78 is 4.98. The molecule has 10 heavy (non-hydrogen) atoms. The minimum Gasteiger partial charge on any atom is -0.445 e. The molecule has 1 aliphatic rings. The lowest BCUT2D eigenvalue weighted by atomic mass is 10.1. The van der Waals surface area contributed by atoms with Crippen molar-refractivity contribution in [2.75, 3.05) is 7.05 Å². The summed E-state index contributed by atoms with van der Waals surface area (Å²) in [4.78, 5) is 13.0. The van der Waals surface area contributed by atoms with Crippen molar-refractivity contribution in [3.05, 3.63) is 0 Å². The highest BCUT2D eigenvalue weighted by Gasteiger charge is 2.44. The Morgan fingerprint density at radius 1 is 1.60 bits per heavy atom. The first-order valence-electron chi connectivity index (χ1n) is 3.40. The van der Waals surface area contributed by atoms with Gasteiger partial charge in [0.25, 0.3) is 0 Å². The number of esters is 1. The van der Waals surface area contributed by atoms with E-state index < -0.39 is 5.54 Å². The van der Waals surface area contributed by atoms with E-state index in [1.807, 2.05) is 32.7 Å². The van der Waals surface area contributed by atoms with E-state index in [4.69, 9.17) is 4.74 Å². The molecule has 1 atom stereocenters. The third-order valence-electron chi connectivity index (χ3n) is 2.20. The second-order valence-corrected chi connectivity index (χ2v) is 3.17. The molecule has 0 amide bonds. The SMILES string of the molecule is CC1OC(=O)C(C)(C)N1C. The standard InChI is InChI=1S/C7H13NO2/c1-5-8(4)7(2,3)6(9)10-5/h5H,1-4H3. The van der Waals surface area contributed by atoms with Crippen molar-refractivity contribution in [2.45, 2.75) is 32.5 Å². The molecule has 0 N–H and O–H groups in total. The van der Waals surface area contributed by atoms with E-state index in [1.54, 1.807) is 0 Å². The summed E-state index contributed by atoms with van der Waals surface area (Å²) in [5, 5.41) is 0. The molecule has 58 valence electrons. The summed E-state index contributed by atoms with van der Waals surface area (Å²) in [5.41, 5.74) is -0.445. The van der Waals surface area contributed by atoms with Gasteiger partial charge in [-0.3, -0.25) is 9.69 Å². The van der Waals surface area contributed by atoms with Crippen LogP contribution in [0, 0.1) is 0 Å². The fourth-order valence-corrected chi connectivity index (χ4v) is 0.977. The van der Waals surface area contributed by atoms with Gasteiger partial charge in [-0.05, 0) is 27.8 Å². The largest absolute Gasteiger partial charge is 0.445 e. The number of carbonyl (C=O) groups excluding carboxylic acids is 1. The van der Waals surface area contributed by atoms with Crippen molar-refractivity contribution in [1.29, 1.82) is 0 Å². The Hall–Kier alpha value is -0.570. The van der Waals surface area contributed by atoms with Gasteiger partial charge in [0.1, 0.15) is 5.54 Å². The van der Waals surface area contributed by atoms with Gasteiger partial charge in [-0.2, -0.15) is 0 Å². The molecular formula is C7H13NO2. The predicted molar refractivity (Wildman–Crippen MR) is 37.4 cm³/mol. The van der Waals surface area contributed by atoms with Gasteiger partial charge < -0.3 is 4.74 Å². The first-order chi connectivity index (χ1) is 4.46. The van der Waals surface area contributed by atoms with Crippen LogP contribution in [0.25, 0.3) is 0 Å². The minimum absolute atomic E-state index is 0.0810. The summed E-state index contributed by atoms with van der Waals surface area (Å²) in [7, 11) is 1.88. The van der Waals surface area contributed by atoms with E-state index >= 15 is 0 Å². The highest BCUT2D eigenvalue weighted by Crippen LogP contribution is 2.25. The first kappa shape index (κ1) is 7.54. The Bertz CT molecular complexity index is 165. The van der Waals surface area contributed by atoms with Gasteiger partial charge in [-0.15, -0.1) is 0 Å². The van der Waals surface area contributed by atoms with Crippen molar-refractivity contribution in [3.63, 3.8) is 0 Å². The summed E-state index contributed by atoms with van der Waals surface area (Å²) >= 11 is 0. The van der Waals surface area contributed by atoms with Crippen molar-refractivity contribution < 1.29 is 9.53 Å². The fraction of sp³-hybridized carbons (Fsp3) is 0.857. The van der Waals surface area contributed by atoms with E-state index in [1.165, 1.54) is 0 Å². The number of ether oxygens (including phenoxy) is 1. The zero-order valence-corrected chi connectivity index (χ0v) is 6.84. The van der Waals surface area contributed by atoms with Crippen molar-refractivity contribution in [1.82, 2.24) is 4.90 Å². The van der Waals surface area contributed by atoms with E-state index in [2.05, 4.69) is 0 Å². The minimum atomic E-state index is -0.445. The Morgan fingerprint density at radius 2 is 2.10 bits per heavy atom. The molecule has 0 aliphatic carbocycles. The molecule has 0 radical (unpaired) electrons. The summed E-state index contributed by atoms with van der Waals surface area (Å²) in [6.07, 6.45) is -0.0810. The van der Waals surface area contributed by atoms with Gasteiger partial charge in [0.05, 0.1) is 0 Å². The molecule has 1 rings (SSSR count). The van der Waals surface area contributed by atoms with Gasteiger partial charge in [-0.1, -0.05) is 0 Å². The van der Waals surface area contributed by atoms with Crippen LogP contribution in [0.5, 0.6) is 0 Å². The van der Waals surface area contributed by atoms with E-state index in [-0.39, 0.29) is 12.2 Å². The first-order valence-corrected chi connectivity index (χ1v) is 3.40. The zero-order chi connectivity index (χ0) is 7.94. The topological polar surface area (TPSA) is 29.5 Å². The molecule has 1 unspecified atom stereocenters. The van der Waals surface area contributed by atoms with Crippen LogP contribution in [0.15, 0.2) is 0 Å². The average molecular weight is 143 g/mol. The normalized spacial score (nSPS) is 32.4. The Balaban J connectivity index is 2.85. The molecule has 1 heterocycles. The highest BCUT2D eigenvalue weighted by atomic mass is 16.6. The molecule has 0 aromatic heterocycles. The summed E-state index contributed by atoms with van der Waals surface area (Å²) in [6.45, 7) is 5.59. The number of hydrogen-bond acceptors (Lipinski definition) is 3. The number of cyclic esters (lactones) is 1. The van der Waals surface area contributed by atoms with Crippen LogP contribution in [0.4, 0.5) is 0 Å². The number of likely N-dealkylation sites (N-methyl/N-ethyl adjacent to an activating group) is 1. The monoisotopic (exact) mass is 143 g/mol. The number of nitrogens with zero attached hydrogens (tertiary/aromatic N) is 1. The van der Waals surface area contributed by atoms with Gasteiger partial charge in [0.15, 0.2) is 6.23 Å². The van der Waals surface area contributed by atoms with Crippen molar-refractivity contribution >= 4 is 5.97 Å². The fourth-order valence-electron chi connectivity index (χ4n) is 0.977. The zero-order valence-electron chi connectivity index (χ0n) is 6.84. The molecular weight excluding hydrogens is 130 g/mol. The number of hydrogen-bond donors (Lipinski definition) is 0. The number of rotatable bonds is 0. The second kappa shape index (κ2) is 1.95. The predicted octanol–water partition coefficient (Wildman–Crippen LogP) is 0.600. The smallest absolute Gasteiger partial charge is 0.327 e. The molecule has 1 saturated heterocycles. The maximum atomic E-state index is 11.1. The summed E-state index contributed by atoms with van der Waals surface area (Å²) in [5.74, 6) is -0.137. The van der Waals surface area contributed by atoms with Crippen LogP contribution in [-0.2, 0) is 9.53 Å². The summed E-state index contributed by atoms with van der Waals surface area (Å²) in [6, 6.07) is 0. The van der Waals surface area contributed by atoms with Crippen molar-refractivity contribution in [3.8, 4) is 0 Å². The Morgan fingerprint density at radius 3 is 2.20 bits per heavy atom. The quantitative estimate of drug-likeness (QED) is 0.465. The van der Waals surface area contributed by atoms with Crippen LogP contribution in [-0.4, -0.2) is 29.7 Å². The molecule has 3 nitrogen and oxygen atoms in total. The molecule has 0 aromatic rings. The lowest BCUT2D eigenvalue weighted by molar-refractivity contribution is -0.144. The Kier molecular flexibility index (Phi) is 1.47. The Labute approximate surface area is 61.0 Å². The van der Waals surface area contributed by atoms with Gasteiger partial charge in [-0.25, -0.2) is 0 Å². The van der Waals surface area contributed by atoms with E-state index in [0.717, 1.165) is 0 Å². The molecule has 3 heteroatoms. The molecule has 1 fully saturated rings. The second-order valence-electron chi connectivity index (χ2n) is 3.17. The maximum Gasteiger partial charge on any atom is 0.327 e. The third-order valence-corrected chi connectivity index (χ3v) is 2.20. The molecule has 0 aromatic carbocycles. The van der Waals surface area contributed by atoms with Crippen LogP contribution in [0.1, 0.15) is 20.8 Å². The van der Waals surface area contributed by atoms with Gasteiger partial charge >= 0.3 is 5.97 Å². The highest BCUT2D eigenvalue weighted by molar-refractivity contribution is 5.81. The van der Waals surface area contributed by atoms with Crippen LogP contribution in [0.3, 0.4) is 0 Å². The number of carbonyl (C=O) groups is 1. The van der Waals surface area contributed by atoms with Gasteiger partial charge in [0, 0.05) is 0 Å². The molecule has 0 spiro atoms. The molecule has 0 bridgehead atoms. The maximum absolute atomic E-state index is 11.1. The van der Waals surface area contributed by atoms with Crippen LogP contribution in [0.2, 0.25) is 0 Å². The van der Waals surface area contributed by atoms with Crippen molar-refractivity contribution in [2.24, 2.45) is 0 Å². The lowest BCUT2D eigenvalue weighted by Crippen LogP contribution is -2.42. The van der Waals surface area contributed by atoms with E-state index in [0.29, 0.717) is 0 Å². The van der Waals surface area contributed by atoms with E-state index in [9.17, 15) is 4.79 Å². The van der Waals surface area contributed by atoms with Crippen LogP contribution >= 0.6 is 0 Å². The average Bonchev–Trinajstić information content (AvgIpc) is 1.97.